The molecule has 0 bridgehead atoms. The number of hydrogen-bond donors (Lipinski definition) is 0. The normalized spacial score (nSPS) is 10.7. The van der Waals surface area contributed by atoms with E-state index >= 15 is 0 Å². The Balaban J connectivity index is 0.00000676. The van der Waals surface area contributed by atoms with Crippen LogP contribution in [0.3, 0.4) is 0 Å². The Morgan fingerprint density at radius 2 is 1.74 bits per heavy atom. The molecule has 1 aromatic carbocycles. The molecule has 27 heavy (non-hydrogen) atoms. The van der Waals surface area contributed by atoms with Crippen LogP contribution in [0.15, 0.2) is 30.9 Å². The Labute approximate surface area is 199 Å². The number of aromatic carboxylic acids is 1. The quantitative estimate of drug-likeness (QED) is 0.151. The summed E-state index contributed by atoms with van der Waals surface area (Å²) in [6, 6.07) is 3.26. The number of carboxylic acid groups (broad SMARTS) is 1. The zero-order chi connectivity index (χ0) is 19.7. The Kier molecular flexibility index (Phi) is 12.1. The van der Waals surface area contributed by atoms with E-state index in [1.165, 1.54) is 0 Å². The molecule has 0 aliphatic carbocycles. The molecule has 1 atom stereocenters. The molecule has 0 N–H and O–H groups in total. The summed E-state index contributed by atoms with van der Waals surface area (Å²) in [5, 5.41) is 11.0. The molecule has 0 aromatic heterocycles. The molecule has 0 saturated heterocycles. The molecule has 0 aliphatic heterocycles. The number of carbonyl (C=O) groups excluding carboxylic acids is 4. The van der Waals surface area contributed by atoms with Crippen molar-refractivity contribution < 1.29 is 89.9 Å². The topological polar surface area (TPSA) is 119 Å². The predicted octanol–water partition coefficient (Wildman–Crippen LogP) is -2.10. The minimum Gasteiger partial charge on any atom is -0.545 e. The largest absolute Gasteiger partial charge is 1.00 e. The van der Waals surface area contributed by atoms with E-state index in [9.17, 15) is 24.3 Å². The first-order chi connectivity index (χ1) is 12.3. The maximum Gasteiger partial charge on any atom is 1.00 e. The molecule has 1 rings (SSSR count). The summed E-state index contributed by atoms with van der Waals surface area (Å²) in [5.41, 5.74) is -0.714. The fraction of sp³-hybridized carbons (Fsp3) is 0.333. The van der Waals surface area contributed by atoms with Crippen molar-refractivity contribution in [2.45, 2.75) is 26.4 Å². The van der Waals surface area contributed by atoms with Crippen molar-refractivity contribution in [2.24, 2.45) is 0 Å². The van der Waals surface area contributed by atoms with E-state index in [-0.39, 0.29) is 87.4 Å². The van der Waals surface area contributed by atoms with Gasteiger partial charge in [0.1, 0.15) is 13.2 Å². The van der Waals surface area contributed by atoms with Gasteiger partial charge in [-0.15, -0.1) is 0 Å². The van der Waals surface area contributed by atoms with E-state index in [0.29, 0.717) is 6.42 Å². The summed E-state index contributed by atoms with van der Waals surface area (Å²) < 4.78 is 14.7. The molecule has 9 heteroatoms. The van der Waals surface area contributed by atoms with Gasteiger partial charge < -0.3 is 24.1 Å². The number of hydrogen-bond acceptors (Lipinski definition) is 8. The fourth-order valence-corrected chi connectivity index (χ4v) is 1.76. The van der Waals surface area contributed by atoms with E-state index < -0.39 is 23.9 Å². The first-order valence-electron chi connectivity index (χ1n) is 7.82. The van der Waals surface area contributed by atoms with Crippen molar-refractivity contribution in [1.82, 2.24) is 0 Å². The number of rotatable bonds is 9. The van der Waals surface area contributed by atoms with Crippen molar-refractivity contribution in [1.29, 1.82) is 0 Å². The molecule has 0 fully saturated rings. The Morgan fingerprint density at radius 3 is 2.30 bits per heavy atom. The summed E-state index contributed by atoms with van der Waals surface area (Å²) >= 11 is 0. The van der Waals surface area contributed by atoms with Crippen LogP contribution in [0.2, 0.25) is 0 Å². The minimum atomic E-state index is -1.51. The molecule has 140 valence electrons. The van der Waals surface area contributed by atoms with Gasteiger partial charge in [-0.25, -0.2) is 14.4 Å². The zero-order valence-electron chi connectivity index (χ0n) is 15.5. The average molecular weight is 402 g/mol. The number of benzene rings is 1. The monoisotopic (exact) mass is 402 g/mol. The second-order valence-corrected chi connectivity index (χ2v) is 5.18. The van der Waals surface area contributed by atoms with E-state index in [4.69, 9.17) is 9.47 Å². The molecule has 0 radical (unpaired) electrons. The van der Waals surface area contributed by atoms with Crippen molar-refractivity contribution >= 4 is 23.9 Å². The predicted molar refractivity (Wildman–Crippen MR) is 87.4 cm³/mol. The van der Waals surface area contributed by atoms with Crippen LogP contribution in [0.25, 0.3) is 0 Å². The van der Waals surface area contributed by atoms with Crippen LogP contribution in [-0.4, -0.2) is 43.2 Å². The second-order valence-electron chi connectivity index (χ2n) is 5.18. The van der Waals surface area contributed by atoms with Crippen molar-refractivity contribution in [3.8, 4) is 0 Å². The molecule has 0 saturated carbocycles. The zero-order valence-corrected chi connectivity index (χ0v) is 18.6. The van der Waals surface area contributed by atoms with Crippen LogP contribution >= 0.6 is 0 Å². The van der Waals surface area contributed by atoms with E-state index in [1.54, 1.807) is 6.92 Å². The SMILES string of the molecule is C=CC(=O)OCCOC(=O)c1cc(C(=O)[O-])ccc1C(=O)OC(C)CC.[K+]. The van der Waals surface area contributed by atoms with Crippen molar-refractivity contribution in [3.05, 3.63) is 47.5 Å². The molecule has 0 spiro atoms. The van der Waals surface area contributed by atoms with Gasteiger partial charge in [0.05, 0.1) is 23.2 Å². The second kappa shape index (κ2) is 12.8. The van der Waals surface area contributed by atoms with Gasteiger partial charge >= 0.3 is 69.3 Å². The maximum absolute atomic E-state index is 12.2. The molecular formula is C18H19KO8. The molecule has 0 aliphatic rings. The third-order valence-corrected chi connectivity index (χ3v) is 3.31. The first-order valence-corrected chi connectivity index (χ1v) is 7.82. The van der Waals surface area contributed by atoms with Gasteiger partial charge in [-0.1, -0.05) is 19.6 Å². The van der Waals surface area contributed by atoms with Gasteiger partial charge in [-0.3, -0.25) is 0 Å². The van der Waals surface area contributed by atoms with Gasteiger partial charge in [-0.2, -0.15) is 0 Å². The van der Waals surface area contributed by atoms with E-state index in [2.05, 4.69) is 11.3 Å². The van der Waals surface area contributed by atoms with Crippen LogP contribution in [0.5, 0.6) is 0 Å². The van der Waals surface area contributed by atoms with Crippen LogP contribution in [-0.2, 0) is 19.0 Å². The first kappa shape index (κ1) is 25.5. The minimum absolute atomic E-state index is 0. The van der Waals surface area contributed by atoms with E-state index in [1.807, 2.05) is 6.92 Å². The van der Waals surface area contributed by atoms with Crippen LogP contribution in [0.1, 0.15) is 51.3 Å². The Bertz CT molecular complexity index is 713. The number of ether oxygens (including phenoxy) is 3. The fourth-order valence-electron chi connectivity index (χ4n) is 1.76. The summed E-state index contributed by atoms with van der Waals surface area (Å²) in [7, 11) is 0. The molecule has 1 unspecified atom stereocenters. The average Bonchev–Trinajstić information content (AvgIpc) is 2.63. The van der Waals surface area contributed by atoms with Gasteiger partial charge in [0, 0.05) is 6.08 Å². The molecular weight excluding hydrogens is 383 g/mol. The summed E-state index contributed by atoms with van der Waals surface area (Å²) in [6.45, 7) is 6.21. The van der Waals surface area contributed by atoms with Gasteiger partial charge in [0.25, 0.3) is 0 Å². The van der Waals surface area contributed by atoms with Crippen molar-refractivity contribution in [3.63, 3.8) is 0 Å². The maximum atomic E-state index is 12.2. The van der Waals surface area contributed by atoms with Crippen molar-refractivity contribution in [2.75, 3.05) is 13.2 Å². The van der Waals surface area contributed by atoms with Crippen LogP contribution in [0.4, 0.5) is 0 Å². The van der Waals surface area contributed by atoms with E-state index in [0.717, 1.165) is 24.3 Å². The third-order valence-electron chi connectivity index (χ3n) is 3.31. The number of carbonyl (C=O) groups is 4. The summed E-state index contributed by atoms with van der Waals surface area (Å²) in [4.78, 5) is 46.3. The van der Waals surface area contributed by atoms with Gasteiger partial charge in [-0.05, 0) is 31.0 Å². The molecule has 0 amide bonds. The molecule has 1 aromatic rings. The third kappa shape index (κ3) is 8.35. The Hall–Kier alpha value is -1.52. The van der Waals surface area contributed by atoms with Gasteiger partial charge in [0.15, 0.2) is 0 Å². The number of esters is 3. The smallest absolute Gasteiger partial charge is 0.545 e. The summed E-state index contributed by atoms with van der Waals surface area (Å²) in [5.74, 6) is -3.94. The van der Waals surface area contributed by atoms with Gasteiger partial charge in [0.2, 0.25) is 0 Å². The molecule has 0 heterocycles. The summed E-state index contributed by atoms with van der Waals surface area (Å²) in [6.07, 6.45) is 1.14. The van der Waals surface area contributed by atoms with Crippen LogP contribution < -0.4 is 56.5 Å². The van der Waals surface area contributed by atoms with Crippen LogP contribution in [0, 0.1) is 0 Å². The molecule has 8 nitrogen and oxygen atoms in total. The number of carboxylic acids is 1. The Morgan fingerprint density at radius 1 is 1.11 bits per heavy atom. The standard InChI is InChI=1S/C18H20O8.K/c1-4-11(3)26-18(23)13-7-6-12(16(20)21)10-14(13)17(22)25-9-8-24-15(19)5-2;/h5-7,10-11H,2,4,8-9H2,1,3H3,(H,20,21);/q;+1/p-1.